The molecule has 1 aliphatic rings. The zero-order chi connectivity index (χ0) is 14.1. The van der Waals surface area contributed by atoms with Crippen LogP contribution in [0.25, 0.3) is 0 Å². The Balaban J connectivity index is 2.92. The molecule has 0 radical (unpaired) electrons. The molecule has 1 fully saturated rings. The van der Waals surface area contributed by atoms with Gasteiger partial charge in [0.2, 0.25) is 11.8 Å². The number of hydrogen-bond acceptors (Lipinski definition) is 2. The number of carbonyl (C=O) groups is 2. The molecule has 1 atom stereocenters. The summed E-state index contributed by atoms with van der Waals surface area (Å²) in [6.07, 6.45) is 0.924. The van der Waals surface area contributed by atoms with Crippen LogP contribution in [0.3, 0.4) is 0 Å². The summed E-state index contributed by atoms with van der Waals surface area (Å²) in [5.41, 5.74) is -0.739. The molecule has 1 rings (SSSR count). The summed E-state index contributed by atoms with van der Waals surface area (Å²) < 4.78 is 0. The van der Waals surface area contributed by atoms with Gasteiger partial charge >= 0.3 is 0 Å². The Morgan fingerprint density at radius 3 is 2.22 bits per heavy atom. The van der Waals surface area contributed by atoms with Crippen molar-refractivity contribution in [2.75, 3.05) is 6.54 Å². The molecule has 0 aromatic rings. The molecule has 0 saturated carbocycles. The van der Waals surface area contributed by atoms with E-state index in [-0.39, 0.29) is 23.8 Å². The van der Waals surface area contributed by atoms with E-state index in [0.717, 1.165) is 6.42 Å². The van der Waals surface area contributed by atoms with Crippen LogP contribution < -0.4 is 5.32 Å². The zero-order valence-electron chi connectivity index (χ0n) is 12.4. The molecule has 1 N–H and O–H groups in total. The molecule has 1 unspecified atom stereocenters. The fourth-order valence-electron chi connectivity index (χ4n) is 2.17. The van der Waals surface area contributed by atoms with Gasteiger partial charge in [0.15, 0.2) is 0 Å². The maximum absolute atomic E-state index is 12.5. The normalized spacial score (nSPS) is 23.8. The van der Waals surface area contributed by atoms with E-state index in [0.29, 0.717) is 12.5 Å². The number of nitrogens with one attached hydrogen (secondary N) is 1. The Kier molecular flexibility index (Phi) is 4.41. The summed E-state index contributed by atoms with van der Waals surface area (Å²) >= 11 is 0. The van der Waals surface area contributed by atoms with Crippen LogP contribution in [0.4, 0.5) is 0 Å². The van der Waals surface area contributed by atoms with Crippen LogP contribution in [-0.2, 0) is 9.59 Å². The van der Waals surface area contributed by atoms with Gasteiger partial charge in [-0.25, -0.2) is 0 Å². The first-order chi connectivity index (χ1) is 8.17. The first-order valence-corrected chi connectivity index (χ1v) is 6.80. The van der Waals surface area contributed by atoms with E-state index in [2.05, 4.69) is 19.2 Å². The third-order valence-corrected chi connectivity index (χ3v) is 3.65. The van der Waals surface area contributed by atoms with Gasteiger partial charge in [-0.15, -0.1) is 0 Å². The van der Waals surface area contributed by atoms with Crippen molar-refractivity contribution < 1.29 is 9.59 Å². The molecule has 4 nitrogen and oxygen atoms in total. The fraction of sp³-hybridized carbons (Fsp3) is 0.857. The lowest BCUT2D eigenvalue weighted by Gasteiger charge is -2.45. The van der Waals surface area contributed by atoms with E-state index >= 15 is 0 Å². The van der Waals surface area contributed by atoms with Gasteiger partial charge < -0.3 is 10.2 Å². The monoisotopic (exact) mass is 254 g/mol. The predicted octanol–water partition coefficient (Wildman–Crippen LogP) is 1.79. The lowest BCUT2D eigenvalue weighted by Crippen LogP contribution is -2.69. The van der Waals surface area contributed by atoms with Gasteiger partial charge in [0.1, 0.15) is 11.6 Å². The van der Waals surface area contributed by atoms with Crippen LogP contribution >= 0.6 is 0 Å². The third kappa shape index (κ3) is 2.85. The van der Waals surface area contributed by atoms with Crippen molar-refractivity contribution in [1.82, 2.24) is 10.2 Å². The van der Waals surface area contributed by atoms with Crippen LogP contribution in [0.15, 0.2) is 0 Å². The molecule has 0 bridgehead atoms. The smallest absolute Gasteiger partial charge is 0.246 e. The standard InChI is InChI=1S/C14H26N2O2/c1-9(2)7-8-16-12(17)11(10(3)4)15-13(18)14(16,5)6/h9-11H,7-8H2,1-6H3,(H,15,18). The second-order valence-corrected chi connectivity index (χ2v) is 6.43. The maximum atomic E-state index is 12.5. The first-order valence-electron chi connectivity index (χ1n) is 6.80. The summed E-state index contributed by atoms with van der Waals surface area (Å²) in [5.74, 6) is 0.648. The van der Waals surface area contributed by atoms with Gasteiger partial charge in [-0.2, -0.15) is 0 Å². The van der Waals surface area contributed by atoms with Crippen molar-refractivity contribution in [3.8, 4) is 0 Å². The van der Waals surface area contributed by atoms with E-state index in [1.165, 1.54) is 0 Å². The molecular weight excluding hydrogens is 228 g/mol. The van der Waals surface area contributed by atoms with Crippen molar-refractivity contribution in [3.63, 3.8) is 0 Å². The molecule has 0 aliphatic carbocycles. The van der Waals surface area contributed by atoms with Gasteiger partial charge in [0.05, 0.1) is 0 Å². The topological polar surface area (TPSA) is 49.4 Å². The lowest BCUT2D eigenvalue weighted by molar-refractivity contribution is -0.156. The third-order valence-electron chi connectivity index (χ3n) is 3.65. The number of amides is 2. The number of rotatable bonds is 4. The minimum atomic E-state index is -0.739. The SMILES string of the molecule is CC(C)CCN1C(=O)C(C(C)C)NC(=O)C1(C)C. The van der Waals surface area contributed by atoms with Gasteiger partial charge in [-0.1, -0.05) is 27.7 Å². The second-order valence-electron chi connectivity index (χ2n) is 6.43. The molecule has 104 valence electrons. The molecule has 0 spiro atoms. The maximum Gasteiger partial charge on any atom is 0.246 e. The summed E-state index contributed by atoms with van der Waals surface area (Å²) in [6.45, 7) is 12.5. The van der Waals surface area contributed by atoms with E-state index in [4.69, 9.17) is 0 Å². The van der Waals surface area contributed by atoms with Crippen LogP contribution in [0.2, 0.25) is 0 Å². The first kappa shape index (κ1) is 15.0. The molecule has 1 saturated heterocycles. The number of nitrogens with zero attached hydrogens (tertiary/aromatic N) is 1. The van der Waals surface area contributed by atoms with Gasteiger partial charge in [-0.3, -0.25) is 9.59 Å². The van der Waals surface area contributed by atoms with E-state index in [9.17, 15) is 9.59 Å². The lowest BCUT2D eigenvalue weighted by atomic mass is 9.90. The van der Waals surface area contributed by atoms with Crippen LogP contribution in [-0.4, -0.2) is 34.8 Å². The molecule has 0 aromatic carbocycles. The molecule has 18 heavy (non-hydrogen) atoms. The zero-order valence-corrected chi connectivity index (χ0v) is 12.4. The van der Waals surface area contributed by atoms with Crippen molar-refractivity contribution in [2.45, 2.75) is 59.5 Å². The Morgan fingerprint density at radius 2 is 1.78 bits per heavy atom. The Labute approximate surface area is 110 Å². The predicted molar refractivity (Wildman–Crippen MR) is 72.0 cm³/mol. The van der Waals surface area contributed by atoms with Crippen LogP contribution in [0.5, 0.6) is 0 Å². The summed E-state index contributed by atoms with van der Waals surface area (Å²) in [6, 6.07) is -0.377. The number of piperazine rings is 1. The minimum Gasteiger partial charge on any atom is -0.342 e. The summed E-state index contributed by atoms with van der Waals surface area (Å²) in [7, 11) is 0. The number of carbonyl (C=O) groups excluding carboxylic acids is 2. The summed E-state index contributed by atoms with van der Waals surface area (Å²) in [4.78, 5) is 26.3. The van der Waals surface area contributed by atoms with Gasteiger partial charge in [-0.05, 0) is 32.1 Å². The molecule has 2 amide bonds. The fourth-order valence-corrected chi connectivity index (χ4v) is 2.17. The Hall–Kier alpha value is -1.06. The highest BCUT2D eigenvalue weighted by Gasteiger charge is 2.46. The van der Waals surface area contributed by atoms with E-state index in [1.807, 2.05) is 27.7 Å². The molecule has 1 aliphatic heterocycles. The van der Waals surface area contributed by atoms with E-state index in [1.54, 1.807) is 4.90 Å². The average Bonchev–Trinajstić information content (AvgIpc) is 2.22. The second kappa shape index (κ2) is 5.29. The quantitative estimate of drug-likeness (QED) is 0.831. The molecular formula is C14H26N2O2. The van der Waals surface area contributed by atoms with Gasteiger partial charge in [0.25, 0.3) is 0 Å². The average molecular weight is 254 g/mol. The molecule has 4 heteroatoms. The van der Waals surface area contributed by atoms with E-state index < -0.39 is 5.54 Å². The van der Waals surface area contributed by atoms with Crippen LogP contribution in [0, 0.1) is 11.8 Å². The number of hydrogen-bond donors (Lipinski definition) is 1. The van der Waals surface area contributed by atoms with Gasteiger partial charge in [0, 0.05) is 6.54 Å². The molecule has 0 aromatic heterocycles. The van der Waals surface area contributed by atoms with Crippen LogP contribution in [0.1, 0.15) is 48.0 Å². The van der Waals surface area contributed by atoms with Crippen molar-refractivity contribution in [2.24, 2.45) is 11.8 Å². The molecule has 1 heterocycles. The highest BCUT2D eigenvalue weighted by molar-refractivity contribution is 5.99. The largest absolute Gasteiger partial charge is 0.342 e. The van der Waals surface area contributed by atoms with Crippen molar-refractivity contribution in [1.29, 1.82) is 0 Å². The summed E-state index contributed by atoms with van der Waals surface area (Å²) in [5, 5.41) is 2.84. The van der Waals surface area contributed by atoms with Crippen molar-refractivity contribution in [3.05, 3.63) is 0 Å². The Bertz CT molecular complexity index is 335. The highest BCUT2D eigenvalue weighted by Crippen LogP contribution is 2.24. The minimum absolute atomic E-state index is 0.0512. The van der Waals surface area contributed by atoms with Crippen molar-refractivity contribution >= 4 is 11.8 Å². The Morgan fingerprint density at radius 1 is 1.22 bits per heavy atom. The highest BCUT2D eigenvalue weighted by atomic mass is 16.2.